The Morgan fingerprint density at radius 1 is 1.25 bits per heavy atom. The molecule has 1 aromatic carbocycles. The summed E-state index contributed by atoms with van der Waals surface area (Å²) in [5, 5.41) is 3.00. The number of carbonyl (C=O) groups is 2. The quantitative estimate of drug-likeness (QED) is 0.526. The number of ketones is 1. The van der Waals surface area contributed by atoms with Gasteiger partial charge in [0.15, 0.2) is 5.78 Å². The zero-order chi connectivity index (χ0) is 17.5. The fraction of sp³-hybridized carbons (Fsp3) is 0.556. The van der Waals surface area contributed by atoms with Crippen LogP contribution in [0.3, 0.4) is 0 Å². The van der Waals surface area contributed by atoms with Crippen molar-refractivity contribution < 1.29 is 14.3 Å². The first-order chi connectivity index (χ1) is 10.8. The third-order valence-electron chi connectivity index (χ3n) is 4.20. The molecule has 0 aliphatic rings. The number of nitrogens with one attached hydrogen (secondary N) is 1. The van der Waals surface area contributed by atoms with Crippen LogP contribution in [0.4, 0.5) is 0 Å². The topological polar surface area (TPSA) is 81.4 Å². The number of hydrogen-bond donors (Lipinski definition) is 2. The summed E-state index contributed by atoms with van der Waals surface area (Å²) in [6.07, 6.45) is 1.02. The number of rotatable bonds is 9. The summed E-state index contributed by atoms with van der Waals surface area (Å²) in [7, 11) is 0. The molecule has 1 unspecified atom stereocenters. The van der Waals surface area contributed by atoms with Crippen LogP contribution in [0.5, 0.6) is 5.75 Å². The molecule has 0 saturated carbocycles. The molecule has 0 aromatic heterocycles. The molecule has 1 rings (SSSR count). The number of ether oxygens (including phenoxy) is 1. The van der Waals surface area contributed by atoms with Crippen LogP contribution in [0.25, 0.3) is 0 Å². The Bertz CT molecular complexity index is 532. The number of halogens is 1. The first-order valence-corrected chi connectivity index (χ1v) is 8.03. The van der Waals surface area contributed by atoms with Crippen LogP contribution in [-0.2, 0) is 4.79 Å². The zero-order valence-corrected chi connectivity index (χ0v) is 15.7. The van der Waals surface area contributed by atoms with E-state index in [0.717, 1.165) is 0 Å². The van der Waals surface area contributed by atoms with Crippen molar-refractivity contribution in [2.75, 3.05) is 13.2 Å². The molecule has 1 aromatic rings. The largest absolute Gasteiger partial charge is 0.494 e. The monoisotopic (exact) mass is 356 g/mol. The first kappa shape index (κ1) is 22.4. The number of nitrogens with two attached hydrogens (primary N) is 1. The lowest BCUT2D eigenvalue weighted by Crippen LogP contribution is -2.55. The first-order valence-electron chi connectivity index (χ1n) is 8.03. The van der Waals surface area contributed by atoms with Gasteiger partial charge in [0, 0.05) is 18.5 Å². The average Bonchev–Trinajstić information content (AvgIpc) is 2.51. The smallest absolute Gasteiger partial charge is 0.220 e. The molecule has 0 radical (unpaired) electrons. The molecular weight excluding hydrogens is 328 g/mol. The molecule has 5 nitrogen and oxygen atoms in total. The Hall–Kier alpha value is -1.59. The van der Waals surface area contributed by atoms with Gasteiger partial charge in [0.05, 0.1) is 12.1 Å². The molecule has 0 heterocycles. The maximum atomic E-state index is 12.0. The van der Waals surface area contributed by atoms with Gasteiger partial charge in [-0.05, 0) is 50.5 Å². The second kappa shape index (κ2) is 10.3. The highest BCUT2D eigenvalue weighted by Crippen LogP contribution is 2.15. The summed E-state index contributed by atoms with van der Waals surface area (Å²) in [4.78, 5) is 23.2. The lowest BCUT2D eigenvalue weighted by Gasteiger charge is -2.33. The van der Waals surface area contributed by atoms with E-state index in [2.05, 4.69) is 5.32 Å². The Balaban J connectivity index is 0.00000529. The summed E-state index contributed by atoms with van der Waals surface area (Å²) in [5.41, 5.74) is 6.04. The van der Waals surface area contributed by atoms with Crippen molar-refractivity contribution in [1.29, 1.82) is 0 Å². The van der Waals surface area contributed by atoms with Crippen LogP contribution in [-0.4, -0.2) is 30.4 Å². The van der Waals surface area contributed by atoms with Crippen molar-refractivity contribution in [3.8, 4) is 5.75 Å². The summed E-state index contributed by atoms with van der Waals surface area (Å²) in [6, 6.07) is 7.00. The molecule has 0 aliphatic carbocycles. The standard InChI is InChI=1S/C18H28N2O3.ClH/c1-13(2)18(4,12-19)20-17(22)6-5-11-23-16-9-7-15(8-10-16)14(3)21;/h7-10,13H,5-6,11-12,19H2,1-4H3,(H,20,22);1H. The molecule has 1 atom stereocenters. The Labute approximate surface area is 150 Å². The van der Waals surface area contributed by atoms with Crippen molar-refractivity contribution in [2.45, 2.75) is 46.1 Å². The summed E-state index contributed by atoms with van der Waals surface area (Å²) < 4.78 is 5.58. The van der Waals surface area contributed by atoms with Gasteiger partial charge in [-0.1, -0.05) is 13.8 Å². The second-order valence-electron chi connectivity index (χ2n) is 6.36. The molecule has 1 amide bonds. The highest BCUT2D eigenvalue weighted by Gasteiger charge is 2.28. The lowest BCUT2D eigenvalue weighted by molar-refractivity contribution is -0.123. The molecule has 24 heavy (non-hydrogen) atoms. The van der Waals surface area contributed by atoms with E-state index in [-0.39, 0.29) is 35.6 Å². The van der Waals surface area contributed by atoms with Crippen LogP contribution < -0.4 is 15.8 Å². The molecule has 6 heteroatoms. The fourth-order valence-electron chi connectivity index (χ4n) is 2.02. The predicted molar refractivity (Wildman–Crippen MR) is 98.9 cm³/mol. The van der Waals surface area contributed by atoms with Gasteiger partial charge in [-0.15, -0.1) is 12.4 Å². The van der Waals surface area contributed by atoms with Gasteiger partial charge in [-0.3, -0.25) is 9.59 Å². The number of Topliss-reactive ketones (excluding diaryl/α,β-unsaturated/α-hetero) is 1. The van der Waals surface area contributed by atoms with Gasteiger partial charge in [-0.25, -0.2) is 0 Å². The van der Waals surface area contributed by atoms with Crippen LogP contribution >= 0.6 is 12.4 Å². The summed E-state index contributed by atoms with van der Waals surface area (Å²) in [5.74, 6) is 0.986. The van der Waals surface area contributed by atoms with Crippen molar-refractivity contribution in [1.82, 2.24) is 5.32 Å². The van der Waals surface area contributed by atoms with Gasteiger partial charge in [0.1, 0.15) is 5.75 Å². The zero-order valence-electron chi connectivity index (χ0n) is 14.9. The van der Waals surface area contributed by atoms with Crippen LogP contribution in [0.15, 0.2) is 24.3 Å². The van der Waals surface area contributed by atoms with Gasteiger partial charge in [-0.2, -0.15) is 0 Å². The number of carbonyl (C=O) groups excluding carboxylic acids is 2. The Kier molecular flexibility index (Phi) is 9.63. The van der Waals surface area contributed by atoms with Gasteiger partial charge < -0.3 is 15.8 Å². The number of hydrogen-bond acceptors (Lipinski definition) is 4. The van der Waals surface area contributed by atoms with Crippen LogP contribution in [0.2, 0.25) is 0 Å². The van der Waals surface area contributed by atoms with Crippen LogP contribution in [0, 0.1) is 5.92 Å². The summed E-state index contributed by atoms with van der Waals surface area (Å²) >= 11 is 0. The Morgan fingerprint density at radius 3 is 2.29 bits per heavy atom. The minimum atomic E-state index is -0.375. The van der Waals surface area contributed by atoms with Gasteiger partial charge >= 0.3 is 0 Å². The van der Waals surface area contributed by atoms with E-state index in [1.807, 2.05) is 20.8 Å². The molecule has 0 saturated heterocycles. The second-order valence-corrected chi connectivity index (χ2v) is 6.36. The normalized spacial score (nSPS) is 12.9. The van der Waals surface area contributed by atoms with E-state index in [1.165, 1.54) is 6.92 Å². The molecule has 0 spiro atoms. The van der Waals surface area contributed by atoms with Crippen molar-refractivity contribution in [3.05, 3.63) is 29.8 Å². The Morgan fingerprint density at radius 2 is 1.83 bits per heavy atom. The molecule has 0 fully saturated rings. The van der Waals surface area contributed by atoms with E-state index >= 15 is 0 Å². The van der Waals surface area contributed by atoms with E-state index < -0.39 is 0 Å². The van der Waals surface area contributed by atoms with Crippen molar-refractivity contribution in [2.24, 2.45) is 11.7 Å². The number of amides is 1. The van der Waals surface area contributed by atoms with E-state index in [1.54, 1.807) is 24.3 Å². The maximum Gasteiger partial charge on any atom is 0.220 e. The third kappa shape index (κ3) is 6.89. The van der Waals surface area contributed by atoms with E-state index in [4.69, 9.17) is 10.5 Å². The van der Waals surface area contributed by atoms with Crippen molar-refractivity contribution >= 4 is 24.1 Å². The highest BCUT2D eigenvalue weighted by molar-refractivity contribution is 5.94. The van der Waals surface area contributed by atoms with Gasteiger partial charge in [0.2, 0.25) is 5.91 Å². The fourth-order valence-corrected chi connectivity index (χ4v) is 2.02. The molecular formula is C18H29ClN2O3. The maximum absolute atomic E-state index is 12.0. The predicted octanol–water partition coefficient (Wildman–Crippen LogP) is 2.96. The van der Waals surface area contributed by atoms with Gasteiger partial charge in [0.25, 0.3) is 0 Å². The highest BCUT2D eigenvalue weighted by atomic mass is 35.5. The van der Waals surface area contributed by atoms with E-state index in [9.17, 15) is 9.59 Å². The SMILES string of the molecule is CC(=O)c1ccc(OCCCC(=O)NC(C)(CN)C(C)C)cc1.Cl. The molecule has 0 bridgehead atoms. The minimum Gasteiger partial charge on any atom is -0.494 e. The third-order valence-corrected chi connectivity index (χ3v) is 4.20. The number of benzene rings is 1. The molecule has 0 aliphatic heterocycles. The molecule has 136 valence electrons. The van der Waals surface area contributed by atoms with Crippen molar-refractivity contribution in [3.63, 3.8) is 0 Å². The van der Waals surface area contributed by atoms with Crippen LogP contribution in [0.1, 0.15) is 50.9 Å². The minimum absolute atomic E-state index is 0. The average molecular weight is 357 g/mol. The lowest BCUT2D eigenvalue weighted by atomic mass is 9.88. The summed E-state index contributed by atoms with van der Waals surface area (Å²) in [6.45, 7) is 8.44. The molecule has 3 N–H and O–H groups in total. The van der Waals surface area contributed by atoms with E-state index in [0.29, 0.717) is 37.3 Å².